The minimum absolute atomic E-state index is 0.0478. The first kappa shape index (κ1) is 17.9. The van der Waals surface area contributed by atoms with Crippen LogP contribution in [0, 0.1) is 0 Å². The fraction of sp³-hybridized carbons (Fsp3) is 0.300. The molecule has 0 unspecified atom stereocenters. The lowest BCUT2D eigenvalue weighted by Gasteiger charge is -2.11. The molecule has 1 amide bonds. The number of amides is 1. The van der Waals surface area contributed by atoms with Crippen molar-refractivity contribution in [3.05, 3.63) is 48.5 Å². The molecule has 6 heteroatoms. The summed E-state index contributed by atoms with van der Waals surface area (Å²) in [6.07, 6.45) is 0.787. The average Bonchev–Trinajstić information content (AvgIpc) is 3.04. The minimum Gasteiger partial charge on any atom is -0.497 e. The van der Waals surface area contributed by atoms with Crippen molar-refractivity contribution >= 4 is 16.9 Å². The fourth-order valence-corrected chi connectivity index (χ4v) is 2.86. The van der Waals surface area contributed by atoms with E-state index < -0.39 is 0 Å². The number of hydrogen-bond donors (Lipinski definition) is 1. The van der Waals surface area contributed by atoms with Gasteiger partial charge in [-0.05, 0) is 30.7 Å². The maximum Gasteiger partial charge on any atom is 0.240 e. The number of imidazole rings is 1. The summed E-state index contributed by atoms with van der Waals surface area (Å²) < 4.78 is 12.3. The molecule has 136 valence electrons. The van der Waals surface area contributed by atoms with Crippen molar-refractivity contribution < 1.29 is 14.3 Å². The number of para-hydroxylation sites is 2. The maximum atomic E-state index is 12.4. The second-order valence-electron chi connectivity index (χ2n) is 5.94. The third-order valence-electron chi connectivity index (χ3n) is 4.13. The predicted molar refractivity (Wildman–Crippen MR) is 101 cm³/mol. The van der Waals surface area contributed by atoms with Crippen molar-refractivity contribution in [2.24, 2.45) is 0 Å². The number of methoxy groups -OCH3 is 2. The number of benzene rings is 2. The Balaban J connectivity index is 1.91. The molecule has 2 aromatic carbocycles. The lowest BCUT2D eigenvalue weighted by Crippen LogP contribution is -2.29. The number of rotatable bonds is 8. The highest BCUT2D eigenvalue weighted by atomic mass is 16.5. The average molecular weight is 353 g/mol. The van der Waals surface area contributed by atoms with Crippen molar-refractivity contribution in [2.45, 2.75) is 13.0 Å². The van der Waals surface area contributed by atoms with E-state index in [1.165, 1.54) is 0 Å². The Morgan fingerprint density at radius 3 is 2.81 bits per heavy atom. The van der Waals surface area contributed by atoms with Gasteiger partial charge >= 0.3 is 0 Å². The monoisotopic (exact) mass is 353 g/mol. The molecule has 1 N–H and O–H groups in total. The molecule has 0 saturated heterocycles. The van der Waals surface area contributed by atoms with Gasteiger partial charge in [0.05, 0.1) is 18.1 Å². The summed E-state index contributed by atoms with van der Waals surface area (Å²) in [5.41, 5.74) is 2.70. The molecular weight excluding hydrogens is 330 g/mol. The second kappa shape index (κ2) is 8.49. The van der Waals surface area contributed by atoms with E-state index in [1.807, 2.05) is 53.1 Å². The summed E-state index contributed by atoms with van der Waals surface area (Å²) in [5.74, 6) is 1.45. The van der Waals surface area contributed by atoms with Crippen molar-refractivity contribution in [1.82, 2.24) is 14.9 Å². The Kier molecular flexibility index (Phi) is 5.86. The summed E-state index contributed by atoms with van der Waals surface area (Å²) in [7, 11) is 3.29. The molecule has 0 atom stereocenters. The molecule has 3 aromatic rings. The Labute approximate surface area is 152 Å². The number of carbonyl (C=O) groups is 1. The van der Waals surface area contributed by atoms with Crippen LogP contribution >= 0.6 is 0 Å². The van der Waals surface area contributed by atoms with Crippen LogP contribution in [0.5, 0.6) is 5.75 Å². The minimum atomic E-state index is -0.0478. The predicted octanol–water partition coefficient (Wildman–Crippen LogP) is 2.86. The van der Waals surface area contributed by atoms with Crippen LogP contribution in [-0.4, -0.2) is 42.8 Å². The van der Waals surface area contributed by atoms with E-state index in [2.05, 4.69) is 5.32 Å². The van der Waals surface area contributed by atoms with Crippen LogP contribution in [0.2, 0.25) is 0 Å². The van der Waals surface area contributed by atoms with Crippen LogP contribution in [0.3, 0.4) is 0 Å². The molecular formula is C20H23N3O3. The first-order chi connectivity index (χ1) is 12.7. The van der Waals surface area contributed by atoms with Crippen molar-refractivity contribution in [3.63, 3.8) is 0 Å². The summed E-state index contributed by atoms with van der Waals surface area (Å²) in [6, 6.07) is 15.5. The van der Waals surface area contributed by atoms with E-state index in [-0.39, 0.29) is 12.5 Å². The van der Waals surface area contributed by atoms with E-state index in [1.54, 1.807) is 14.2 Å². The number of ether oxygens (including phenoxy) is 2. The van der Waals surface area contributed by atoms with Gasteiger partial charge in [-0.2, -0.15) is 0 Å². The Hall–Kier alpha value is -2.86. The van der Waals surface area contributed by atoms with Crippen LogP contribution in [-0.2, 0) is 16.1 Å². The van der Waals surface area contributed by atoms with Gasteiger partial charge in [-0.3, -0.25) is 4.79 Å². The van der Waals surface area contributed by atoms with Gasteiger partial charge in [-0.1, -0.05) is 24.3 Å². The molecule has 0 spiro atoms. The van der Waals surface area contributed by atoms with Gasteiger partial charge in [-0.25, -0.2) is 4.98 Å². The molecule has 0 radical (unpaired) electrons. The largest absolute Gasteiger partial charge is 0.497 e. The van der Waals surface area contributed by atoms with Gasteiger partial charge in [0.1, 0.15) is 18.1 Å². The van der Waals surface area contributed by atoms with E-state index in [0.717, 1.165) is 34.6 Å². The Bertz CT molecular complexity index is 889. The molecule has 0 aliphatic rings. The van der Waals surface area contributed by atoms with Crippen LogP contribution in [0.4, 0.5) is 0 Å². The quantitative estimate of drug-likeness (QED) is 0.633. The topological polar surface area (TPSA) is 65.4 Å². The highest BCUT2D eigenvalue weighted by Gasteiger charge is 2.15. The zero-order valence-corrected chi connectivity index (χ0v) is 15.1. The first-order valence-electron chi connectivity index (χ1n) is 8.58. The van der Waals surface area contributed by atoms with E-state index in [9.17, 15) is 4.79 Å². The second-order valence-corrected chi connectivity index (χ2v) is 5.94. The van der Waals surface area contributed by atoms with E-state index in [0.29, 0.717) is 13.2 Å². The number of fused-ring (bicyclic) bond motifs is 1. The zero-order chi connectivity index (χ0) is 18.4. The molecule has 1 heterocycles. The normalized spacial score (nSPS) is 10.8. The van der Waals surface area contributed by atoms with Crippen LogP contribution < -0.4 is 10.1 Å². The van der Waals surface area contributed by atoms with Gasteiger partial charge in [-0.15, -0.1) is 0 Å². The standard InChI is InChI=1S/C20H23N3O3/c1-25-12-6-11-21-19(24)14-23-18-10-4-3-9-17(18)22-20(23)15-7-5-8-16(13-15)26-2/h3-5,7-10,13H,6,11-12,14H2,1-2H3,(H,21,24). The van der Waals surface area contributed by atoms with Crippen LogP contribution in [0.25, 0.3) is 22.4 Å². The van der Waals surface area contributed by atoms with Crippen molar-refractivity contribution in [1.29, 1.82) is 0 Å². The molecule has 0 fully saturated rings. The molecule has 26 heavy (non-hydrogen) atoms. The smallest absolute Gasteiger partial charge is 0.240 e. The maximum absolute atomic E-state index is 12.4. The van der Waals surface area contributed by atoms with Crippen LogP contribution in [0.15, 0.2) is 48.5 Å². The molecule has 0 aliphatic heterocycles. The van der Waals surface area contributed by atoms with E-state index >= 15 is 0 Å². The van der Waals surface area contributed by atoms with Gasteiger partial charge in [0.2, 0.25) is 5.91 Å². The SMILES string of the molecule is COCCCNC(=O)Cn1c(-c2cccc(OC)c2)nc2ccccc21. The third kappa shape index (κ3) is 4.03. The first-order valence-corrected chi connectivity index (χ1v) is 8.58. The Morgan fingerprint density at radius 1 is 1.15 bits per heavy atom. The number of carbonyl (C=O) groups excluding carboxylic acids is 1. The molecule has 0 bridgehead atoms. The Morgan fingerprint density at radius 2 is 2.00 bits per heavy atom. The summed E-state index contributed by atoms with van der Waals surface area (Å²) in [4.78, 5) is 17.1. The molecule has 0 aliphatic carbocycles. The van der Waals surface area contributed by atoms with Crippen molar-refractivity contribution in [3.8, 4) is 17.1 Å². The molecule has 6 nitrogen and oxygen atoms in total. The zero-order valence-electron chi connectivity index (χ0n) is 15.1. The lowest BCUT2D eigenvalue weighted by atomic mass is 10.2. The van der Waals surface area contributed by atoms with Gasteiger partial charge < -0.3 is 19.4 Å². The summed E-state index contributed by atoms with van der Waals surface area (Å²) in [5, 5.41) is 2.93. The number of aromatic nitrogens is 2. The van der Waals surface area contributed by atoms with E-state index in [4.69, 9.17) is 14.5 Å². The van der Waals surface area contributed by atoms with Crippen LogP contribution in [0.1, 0.15) is 6.42 Å². The number of nitrogens with zero attached hydrogens (tertiary/aromatic N) is 2. The number of nitrogens with one attached hydrogen (secondary N) is 1. The third-order valence-corrected chi connectivity index (χ3v) is 4.13. The fourth-order valence-electron chi connectivity index (χ4n) is 2.86. The number of hydrogen-bond acceptors (Lipinski definition) is 4. The van der Waals surface area contributed by atoms with Gasteiger partial charge in [0.25, 0.3) is 0 Å². The highest BCUT2D eigenvalue weighted by Crippen LogP contribution is 2.27. The van der Waals surface area contributed by atoms with Gasteiger partial charge in [0.15, 0.2) is 0 Å². The van der Waals surface area contributed by atoms with Crippen molar-refractivity contribution in [2.75, 3.05) is 27.4 Å². The highest BCUT2D eigenvalue weighted by molar-refractivity contribution is 5.84. The molecule has 1 aromatic heterocycles. The summed E-state index contributed by atoms with van der Waals surface area (Å²) >= 11 is 0. The lowest BCUT2D eigenvalue weighted by molar-refractivity contribution is -0.121. The van der Waals surface area contributed by atoms with Gasteiger partial charge in [0, 0.05) is 25.8 Å². The summed E-state index contributed by atoms with van der Waals surface area (Å²) in [6.45, 7) is 1.43. The molecule has 3 rings (SSSR count). The molecule has 0 saturated carbocycles.